The number of sulfone groups is 2. The van der Waals surface area contributed by atoms with E-state index in [-0.39, 0.29) is 0 Å². The zero-order valence-corrected chi connectivity index (χ0v) is 14.9. The van der Waals surface area contributed by atoms with Crippen LogP contribution in [0.15, 0.2) is 58.3 Å². The van der Waals surface area contributed by atoms with E-state index in [1.165, 1.54) is 24.3 Å². The van der Waals surface area contributed by atoms with Crippen molar-refractivity contribution in [1.82, 2.24) is 0 Å². The van der Waals surface area contributed by atoms with Crippen LogP contribution in [0.5, 0.6) is 0 Å². The molecule has 0 atom stereocenters. The van der Waals surface area contributed by atoms with Crippen molar-refractivity contribution in [3.63, 3.8) is 0 Å². The molecule has 0 aliphatic heterocycles. The summed E-state index contributed by atoms with van der Waals surface area (Å²) in [6.07, 6.45) is 12.5. The molecular formula is C18H16O4S2. The molecule has 0 saturated heterocycles. The Hall–Kier alpha value is -2.54. The molecule has 0 bridgehead atoms. The fraction of sp³-hybridized carbons (Fsp3) is 0.111. The SMILES string of the molecule is C#Cc1ccc(S(C)(=O)=O)cc1.C#Cc1ccc(S(C)(=O)=O)cc1. The van der Waals surface area contributed by atoms with Crippen molar-refractivity contribution in [1.29, 1.82) is 0 Å². The van der Waals surface area contributed by atoms with E-state index < -0.39 is 19.7 Å². The Balaban J connectivity index is 0.000000240. The topological polar surface area (TPSA) is 68.3 Å². The van der Waals surface area contributed by atoms with Gasteiger partial charge in [0.2, 0.25) is 0 Å². The Morgan fingerprint density at radius 2 is 0.875 bits per heavy atom. The van der Waals surface area contributed by atoms with Gasteiger partial charge in [-0.25, -0.2) is 16.8 Å². The van der Waals surface area contributed by atoms with E-state index in [1.54, 1.807) is 24.3 Å². The first-order valence-electron chi connectivity index (χ1n) is 6.61. The molecule has 0 saturated carbocycles. The Morgan fingerprint density at radius 3 is 1.04 bits per heavy atom. The van der Waals surface area contributed by atoms with Crippen molar-refractivity contribution >= 4 is 19.7 Å². The Kier molecular flexibility index (Phi) is 6.36. The molecular weight excluding hydrogens is 344 g/mol. The van der Waals surface area contributed by atoms with Crippen LogP contribution in [-0.2, 0) is 19.7 Å². The zero-order valence-electron chi connectivity index (χ0n) is 13.2. The molecule has 0 unspecified atom stereocenters. The molecule has 0 radical (unpaired) electrons. The van der Waals surface area contributed by atoms with Crippen LogP contribution < -0.4 is 0 Å². The largest absolute Gasteiger partial charge is 0.224 e. The van der Waals surface area contributed by atoms with E-state index in [4.69, 9.17) is 12.8 Å². The molecule has 0 aliphatic rings. The lowest BCUT2D eigenvalue weighted by atomic mass is 10.2. The molecule has 0 N–H and O–H groups in total. The van der Waals surface area contributed by atoms with Gasteiger partial charge in [0.25, 0.3) is 0 Å². The Bertz CT molecular complexity index is 899. The minimum absolute atomic E-state index is 0.293. The minimum Gasteiger partial charge on any atom is -0.224 e. The molecule has 0 aliphatic carbocycles. The maximum Gasteiger partial charge on any atom is 0.175 e. The van der Waals surface area contributed by atoms with E-state index in [2.05, 4.69) is 11.8 Å². The summed E-state index contributed by atoms with van der Waals surface area (Å²) >= 11 is 0. The van der Waals surface area contributed by atoms with Crippen molar-refractivity contribution in [3.8, 4) is 24.7 Å². The van der Waals surface area contributed by atoms with Crippen LogP contribution in [0, 0.1) is 24.7 Å². The van der Waals surface area contributed by atoms with Crippen LogP contribution in [0.25, 0.3) is 0 Å². The van der Waals surface area contributed by atoms with E-state index in [0.717, 1.165) is 12.5 Å². The number of benzene rings is 2. The molecule has 2 rings (SSSR count). The van der Waals surface area contributed by atoms with Crippen LogP contribution in [0.1, 0.15) is 11.1 Å². The standard InChI is InChI=1S/2C9H8O2S/c2*1-3-8-4-6-9(7-5-8)12(2,10)11/h2*1,4-7H,2H3. The average molecular weight is 360 g/mol. The van der Waals surface area contributed by atoms with Gasteiger partial charge in [-0.15, -0.1) is 12.8 Å². The molecule has 0 amide bonds. The Labute approximate surface area is 143 Å². The van der Waals surface area contributed by atoms with Crippen LogP contribution in [0.2, 0.25) is 0 Å². The molecule has 0 heterocycles. The summed E-state index contributed by atoms with van der Waals surface area (Å²) in [5, 5.41) is 0. The van der Waals surface area contributed by atoms with Crippen molar-refractivity contribution in [2.75, 3.05) is 12.5 Å². The third kappa shape index (κ3) is 5.92. The molecule has 0 aromatic heterocycles. The van der Waals surface area contributed by atoms with Gasteiger partial charge in [-0.05, 0) is 48.5 Å². The predicted molar refractivity (Wildman–Crippen MR) is 95.0 cm³/mol. The molecule has 6 heteroatoms. The van der Waals surface area contributed by atoms with Gasteiger partial charge in [0.15, 0.2) is 19.7 Å². The van der Waals surface area contributed by atoms with Crippen molar-refractivity contribution in [2.45, 2.75) is 9.79 Å². The second kappa shape index (κ2) is 7.83. The van der Waals surface area contributed by atoms with Gasteiger partial charge in [-0.3, -0.25) is 0 Å². The second-order valence-corrected chi connectivity index (χ2v) is 8.91. The first-order chi connectivity index (χ1) is 11.1. The molecule has 0 fully saturated rings. The summed E-state index contributed by atoms with van der Waals surface area (Å²) in [5.74, 6) is 4.82. The van der Waals surface area contributed by atoms with Gasteiger partial charge in [-0.2, -0.15) is 0 Å². The highest BCUT2D eigenvalue weighted by Crippen LogP contribution is 2.09. The van der Waals surface area contributed by atoms with Crippen LogP contribution >= 0.6 is 0 Å². The first-order valence-corrected chi connectivity index (χ1v) is 10.4. The zero-order chi connectivity index (χ0) is 18.4. The van der Waals surface area contributed by atoms with Crippen molar-refractivity contribution < 1.29 is 16.8 Å². The number of terminal acetylenes is 2. The average Bonchev–Trinajstić information content (AvgIpc) is 2.54. The summed E-state index contributed by atoms with van der Waals surface area (Å²) in [4.78, 5) is 0.586. The molecule has 2 aromatic rings. The highest BCUT2D eigenvalue weighted by atomic mass is 32.2. The quantitative estimate of drug-likeness (QED) is 0.770. The van der Waals surface area contributed by atoms with Gasteiger partial charge in [0.05, 0.1) is 9.79 Å². The number of hydrogen-bond donors (Lipinski definition) is 0. The van der Waals surface area contributed by atoms with Crippen LogP contribution in [-0.4, -0.2) is 29.3 Å². The van der Waals surface area contributed by atoms with Crippen LogP contribution in [0.3, 0.4) is 0 Å². The van der Waals surface area contributed by atoms with Crippen molar-refractivity contribution in [2.24, 2.45) is 0 Å². The lowest BCUT2D eigenvalue weighted by Crippen LogP contribution is -1.96. The summed E-state index contributed by atoms with van der Waals surface area (Å²) in [6.45, 7) is 0. The van der Waals surface area contributed by atoms with Gasteiger partial charge >= 0.3 is 0 Å². The van der Waals surface area contributed by atoms with E-state index in [9.17, 15) is 16.8 Å². The predicted octanol–water partition coefficient (Wildman–Crippen LogP) is 2.14. The summed E-state index contributed by atoms with van der Waals surface area (Å²) in [6, 6.07) is 12.4. The van der Waals surface area contributed by atoms with E-state index in [0.29, 0.717) is 20.9 Å². The normalized spacial score (nSPS) is 10.7. The smallest absolute Gasteiger partial charge is 0.175 e. The number of hydrogen-bond acceptors (Lipinski definition) is 4. The lowest BCUT2D eigenvalue weighted by Gasteiger charge is -1.96. The molecule has 24 heavy (non-hydrogen) atoms. The Morgan fingerprint density at radius 1 is 0.625 bits per heavy atom. The molecule has 0 spiro atoms. The van der Waals surface area contributed by atoms with Gasteiger partial charge in [-0.1, -0.05) is 11.8 Å². The van der Waals surface area contributed by atoms with E-state index >= 15 is 0 Å². The molecule has 124 valence electrons. The minimum atomic E-state index is -3.10. The molecule has 2 aromatic carbocycles. The van der Waals surface area contributed by atoms with Gasteiger partial charge in [0.1, 0.15) is 0 Å². The van der Waals surface area contributed by atoms with Crippen molar-refractivity contribution in [3.05, 3.63) is 59.7 Å². The fourth-order valence-electron chi connectivity index (χ4n) is 1.60. The lowest BCUT2D eigenvalue weighted by molar-refractivity contribution is 0.600. The maximum absolute atomic E-state index is 11.0. The third-order valence-electron chi connectivity index (χ3n) is 2.90. The second-order valence-electron chi connectivity index (χ2n) is 4.88. The van der Waals surface area contributed by atoms with Gasteiger partial charge in [0, 0.05) is 23.6 Å². The first kappa shape index (κ1) is 19.5. The highest BCUT2D eigenvalue weighted by molar-refractivity contribution is 7.91. The summed E-state index contributed by atoms with van der Waals surface area (Å²) < 4.78 is 43.9. The third-order valence-corrected chi connectivity index (χ3v) is 5.16. The highest BCUT2D eigenvalue weighted by Gasteiger charge is 2.05. The molecule has 4 nitrogen and oxygen atoms in total. The fourth-order valence-corrected chi connectivity index (χ4v) is 2.86. The van der Waals surface area contributed by atoms with E-state index in [1.807, 2.05) is 0 Å². The number of rotatable bonds is 2. The summed E-state index contributed by atoms with van der Waals surface area (Å²) in [5.41, 5.74) is 1.37. The summed E-state index contributed by atoms with van der Waals surface area (Å²) in [7, 11) is -6.19. The van der Waals surface area contributed by atoms with Crippen LogP contribution in [0.4, 0.5) is 0 Å². The monoisotopic (exact) mass is 360 g/mol. The maximum atomic E-state index is 11.0. The van der Waals surface area contributed by atoms with Gasteiger partial charge < -0.3 is 0 Å².